The van der Waals surface area contributed by atoms with E-state index in [2.05, 4.69) is 65.6 Å². The van der Waals surface area contributed by atoms with E-state index >= 15 is 0 Å². The lowest BCUT2D eigenvalue weighted by Crippen LogP contribution is -2.31. The molecule has 0 amide bonds. The maximum Gasteiger partial charge on any atom is 0.416 e. The molecular formula is C36H40Cl2F3N3O2S. The van der Waals surface area contributed by atoms with E-state index in [4.69, 9.17) is 16.3 Å². The van der Waals surface area contributed by atoms with Crippen molar-refractivity contribution in [1.29, 1.82) is 0 Å². The number of para-hydroxylation sites is 1. The molecular weight excluding hydrogens is 666 g/mol. The lowest BCUT2D eigenvalue weighted by molar-refractivity contribution is -0.137. The van der Waals surface area contributed by atoms with E-state index in [9.17, 15) is 18.0 Å². The number of esters is 1. The molecule has 1 atom stereocenters. The maximum atomic E-state index is 12.7. The number of hydrogen-bond acceptors (Lipinski definition) is 6. The van der Waals surface area contributed by atoms with Crippen molar-refractivity contribution in [2.24, 2.45) is 0 Å². The molecule has 4 aromatic carbocycles. The summed E-state index contributed by atoms with van der Waals surface area (Å²) >= 11 is 8.03. The van der Waals surface area contributed by atoms with Gasteiger partial charge in [0.1, 0.15) is 6.61 Å². The van der Waals surface area contributed by atoms with Crippen LogP contribution in [0.3, 0.4) is 0 Å². The number of fused-ring (bicyclic) bond motifs is 2. The van der Waals surface area contributed by atoms with Crippen LogP contribution in [0.5, 0.6) is 0 Å². The van der Waals surface area contributed by atoms with Gasteiger partial charge in [0, 0.05) is 33.9 Å². The lowest BCUT2D eigenvalue weighted by atomic mass is 10.0. The Labute approximate surface area is 290 Å². The number of hydrogen-bond donors (Lipinski definition) is 1. The summed E-state index contributed by atoms with van der Waals surface area (Å²) in [5.41, 5.74) is 2.96. The van der Waals surface area contributed by atoms with Crippen LogP contribution in [-0.2, 0) is 17.3 Å². The molecule has 0 fully saturated rings. The first kappa shape index (κ1) is 38.2. The minimum absolute atomic E-state index is 0. The van der Waals surface area contributed by atoms with Crippen LogP contribution in [0.15, 0.2) is 107 Å². The fraction of sp³-hybridized carbons (Fsp3) is 0.306. The van der Waals surface area contributed by atoms with Crippen molar-refractivity contribution in [2.45, 2.75) is 41.8 Å². The van der Waals surface area contributed by atoms with Crippen molar-refractivity contribution < 1.29 is 22.7 Å². The Kier molecular flexibility index (Phi) is 14.9. The molecule has 0 saturated heterocycles. The van der Waals surface area contributed by atoms with Gasteiger partial charge in [-0.3, -0.25) is 0 Å². The molecule has 1 N–H and O–H groups in total. The van der Waals surface area contributed by atoms with Crippen molar-refractivity contribution in [3.8, 4) is 0 Å². The van der Waals surface area contributed by atoms with Crippen LogP contribution in [0.25, 0.3) is 0 Å². The van der Waals surface area contributed by atoms with Crippen LogP contribution >= 0.6 is 35.8 Å². The predicted molar refractivity (Wildman–Crippen MR) is 189 cm³/mol. The molecule has 5 rings (SSSR count). The van der Waals surface area contributed by atoms with Gasteiger partial charge >= 0.3 is 12.1 Å². The van der Waals surface area contributed by atoms with Crippen molar-refractivity contribution in [3.63, 3.8) is 0 Å². The molecule has 5 nitrogen and oxygen atoms in total. The van der Waals surface area contributed by atoms with Crippen LogP contribution in [0.1, 0.15) is 34.8 Å². The first-order valence-electron chi connectivity index (χ1n) is 15.1. The van der Waals surface area contributed by atoms with E-state index in [0.717, 1.165) is 36.7 Å². The number of nitrogens with zero attached hydrogens (tertiary/aromatic N) is 2. The second kappa shape index (κ2) is 18.4. The molecule has 1 aliphatic heterocycles. The van der Waals surface area contributed by atoms with E-state index in [1.807, 2.05) is 30.8 Å². The van der Waals surface area contributed by atoms with E-state index in [1.54, 1.807) is 30.3 Å². The first-order chi connectivity index (χ1) is 22.0. The molecule has 0 radical (unpaired) electrons. The number of nitrogens with one attached hydrogen (secondary N) is 1. The monoisotopic (exact) mass is 705 g/mol. The fourth-order valence-corrected chi connectivity index (χ4v) is 6.24. The van der Waals surface area contributed by atoms with Gasteiger partial charge < -0.3 is 19.9 Å². The number of alkyl halides is 3. The first-order valence-corrected chi connectivity index (χ1v) is 16.3. The van der Waals surface area contributed by atoms with Gasteiger partial charge in [-0.05, 0) is 94.5 Å². The molecule has 0 aromatic heterocycles. The van der Waals surface area contributed by atoms with E-state index in [-0.39, 0.29) is 25.1 Å². The number of benzene rings is 4. The smallest absolute Gasteiger partial charge is 0.416 e. The third kappa shape index (κ3) is 11.8. The number of rotatable bonds is 11. The van der Waals surface area contributed by atoms with Crippen LogP contribution in [0.2, 0.25) is 5.02 Å². The van der Waals surface area contributed by atoms with E-state index in [1.165, 1.54) is 27.2 Å². The van der Waals surface area contributed by atoms with Gasteiger partial charge in [-0.2, -0.15) is 13.2 Å². The molecule has 0 spiro atoms. The molecule has 1 heterocycles. The standard InChI is InChI=1S/C19H20F3NO2.C17H19ClN2S.ClH/c1-14(12-15-6-5-9-17(13-15)19(20,21)22)23-10-11-25-18(24)16-7-3-2-4-8-16;1-19(2)10-5-11-20-14-6-3-4-7-16(14)21-17-9-8-13(18)12-15(17)20;/h2-9,13-14,23H,10-12H2,1H3;3-4,6-9,12H,5,10-11H2,1-2H3;1H. The van der Waals surface area contributed by atoms with Gasteiger partial charge in [0.15, 0.2) is 0 Å². The van der Waals surface area contributed by atoms with Gasteiger partial charge in [-0.1, -0.05) is 71.9 Å². The molecule has 1 aliphatic rings. The van der Waals surface area contributed by atoms with Crippen molar-refractivity contribution >= 4 is 53.1 Å². The summed E-state index contributed by atoms with van der Waals surface area (Å²) < 4.78 is 43.3. The average molecular weight is 707 g/mol. The second-order valence-electron chi connectivity index (χ2n) is 11.2. The fourth-order valence-electron chi connectivity index (χ4n) is 5.00. The van der Waals surface area contributed by atoms with Gasteiger partial charge in [-0.15, -0.1) is 12.4 Å². The average Bonchev–Trinajstić information content (AvgIpc) is 3.03. The maximum absolute atomic E-state index is 12.7. The number of halogens is 5. The molecule has 11 heteroatoms. The lowest BCUT2D eigenvalue weighted by Gasteiger charge is -2.33. The SMILES string of the molecule is CC(Cc1cccc(C(F)(F)F)c1)NCCOC(=O)c1ccccc1.CN(C)CCCN1c2ccccc2Sc2ccc(Cl)cc21.Cl. The minimum atomic E-state index is -4.34. The van der Waals surface area contributed by atoms with E-state index < -0.39 is 17.7 Å². The van der Waals surface area contributed by atoms with Gasteiger partial charge in [-0.25, -0.2) is 4.79 Å². The summed E-state index contributed by atoms with van der Waals surface area (Å²) in [7, 11) is 4.23. The molecule has 1 unspecified atom stereocenters. The zero-order chi connectivity index (χ0) is 33.1. The van der Waals surface area contributed by atoms with Gasteiger partial charge in [0.05, 0.1) is 22.5 Å². The van der Waals surface area contributed by atoms with Gasteiger partial charge in [0.25, 0.3) is 0 Å². The second-order valence-corrected chi connectivity index (χ2v) is 12.8. The number of carbonyl (C=O) groups excluding carboxylic acids is 1. The van der Waals surface area contributed by atoms with Gasteiger partial charge in [0.2, 0.25) is 0 Å². The summed E-state index contributed by atoms with van der Waals surface area (Å²) in [5.74, 6) is -0.395. The summed E-state index contributed by atoms with van der Waals surface area (Å²) in [6.45, 7) is 4.59. The van der Waals surface area contributed by atoms with Crippen molar-refractivity contribution in [2.75, 3.05) is 45.2 Å². The zero-order valence-corrected chi connectivity index (χ0v) is 29.0. The Morgan fingerprint density at radius 1 is 0.936 bits per heavy atom. The van der Waals surface area contributed by atoms with Crippen LogP contribution in [0, 0.1) is 0 Å². The highest BCUT2D eigenvalue weighted by Crippen LogP contribution is 2.48. The summed E-state index contributed by atoms with van der Waals surface area (Å²) in [6, 6.07) is 28.7. The number of ether oxygens (including phenoxy) is 1. The minimum Gasteiger partial charge on any atom is -0.461 e. The quantitative estimate of drug-likeness (QED) is 0.124. The van der Waals surface area contributed by atoms with Crippen LogP contribution in [0.4, 0.5) is 24.5 Å². The third-order valence-electron chi connectivity index (χ3n) is 7.21. The molecule has 0 bridgehead atoms. The summed E-state index contributed by atoms with van der Waals surface area (Å²) in [6.07, 6.45) is -2.76. The number of carbonyl (C=O) groups is 1. The Hall–Kier alpha value is -3.21. The molecule has 0 saturated carbocycles. The van der Waals surface area contributed by atoms with E-state index in [0.29, 0.717) is 24.1 Å². The topological polar surface area (TPSA) is 44.8 Å². The Morgan fingerprint density at radius 2 is 1.64 bits per heavy atom. The summed E-state index contributed by atoms with van der Waals surface area (Å²) in [5, 5.41) is 3.94. The summed E-state index contributed by atoms with van der Waals surface area (Å²) in [4.78, 5) is 19.0. The third-order valence-corrected chi connectivity index (χ3v) is 8.57. The Morgan fingerprint density at radius 3 is 2.36 bits per heavy atom. The van der Waals surface area contributed by atoms with Crippen LogP contribution in [-0.4, -0.2) is 57.2 Å². The predicted octanol–water partition coefficient (Wildman–Crippen LogP) is 9.40. The van der Waals surface area contributed by atoms with Crippen molar-refractivity contribution in [1.82, 2.24) is 10.2 Å². The highest BCUT2D eigenvalue weighted by molar-refractivity contribution is 7.99. The van der Waals surface area contributed by atoms with Crippen molar-refractivity contribution in [3.05, 3.63) is 119 Å². The molecule has 252 valence electrons. The Balaban J connectivity index is 0.000000253. The largest absolute Gasteiger partial charge is 0.461 e. The highest BCUT2D eigenvalue weighted by atomic mass is 35.5. The Bertz CT molecular complexity index is 1570. The van der Waals surface area contributed by atoms with Crippen LogP contribution < -0.4 is 10.2 Å². The zero-order valence-electron chi connectivity index (χ0n) is 26.6. The normalized spacial score (nSPS) is 12.6. The molecule has 0 aliphatic carbocycles. The number of anilines is 2. The highest BCUT2D eigenvalue weighted by Gasteiger charge is 2.30. The molecule has 47 heavy (non-hydrogen) atoms. The molecule has 4 aromatic rings.